The number of aliphatic hydroxyl groups is 1. The van der Waals surface area contributed by atoms with Crippen LogP contribution in [0.3, 0.4) is 0 Å². The first-order valence-electron chi connectivity index (χ1n) is 11.9. The highest BCUT2D eigenvalue weighted by atomic mass is 19.1. The van der Waals surface area contributed by atoms with Crippen LogP contribution in [0.25, 0.3) is 11.0 Å². The van der Waals surface area contributed by atoms with E-state index >= 15 is 0 Å². The summed E-state index contributed by atoms with van der Waals surface area (Å²) in [5.74, 6) is -1.86. The second-order valence-corrected chi connectivity index (χ2v) is 8.84. The summed E-state index contributed by atoms with van der Waals surface area (Å²) in [4.78, 5) is 30.5. The fourth-order valence-electron chi connectivity index (χ4n) is 4.84. The second-order valence-electron chi connectivity index (χ2n) is 8.84. The van der Waals surface area contributed by atoms with Crippen LogP contribution < -0.4 is 4.74 Å². The number of para-hydroxylation sites is 1. The predicted octanol–water partition coefficient (Wildman–Crippen LogP) is 3.88. The first-order chi connectivity index (χ1) is 17.5. The highest BCUT2D eigenvalue weighted by Crippen LogP contribution is 2.40. The molecule has 1 atom stereocenters. The third kappa shape index (κ3) is 4.47. The summed E-state index contributed by atoms with van der Waals surface area (Å²) in [7, 11) is 1.50. The molecule has 0 radical (unpaired) electrons. The lowest BCUT2D eigenvalue weighted by Crippen LogP contribution is -2.39. The zero-order chi connectivity index (χ0) is 25.2. The van der Waals surface area contributed by atoms with E-state index in [1.807, 2.05) is 0 Å². The standard InChI is InChI=1S/C27H27FN2O6/c1-34-20-5-2-4-18-16-21(36-26(18)20)24(31)22-23(17-6-8-19(28)9-7-17)30(27(33)25(22)32)11-3-10-29-12-14-35-15-13-29/h2,4-9,16,23,32H,3,10-15H2,1H3/t23-/m1/s1. The monoisotopic (exact) mass is 494 g/mol. The zero-order valence-electron chi connectivity index (χ0n) is 19.9. The number of amides is 1. The number of aliphatic hydroxyl groups excluding tert-OH is 1. The summed E-state index contributed by atoms with van der Waals surface area (Å²) < 4.78 is 30.2. The van der Waals surface area contributed by atoms with Crippen molar-refractivity contribution in [2.45, 2.75) is 12.5 Å². The Morgan fingerprint density at radius 1 is 1.14 bits per heavy atom. The van der Waals surface area contributed by atoms with Crippen LogP contribution in [0.2, 0.25) is 0 Å². The topological polar surface area (TPSA) is 92.5 Å². The molecular formula is C27H27FN2O6. The number of rotatable bonds is 8. The molecule has 0 aliphatic carbocycles. The van der Waals surface area contributed by atoms with Gasteiger partial charge in [-0.05, 0) is 36.2 Å². The average molecular weight is 495 g/mol. The number of ketones is 1. The van der Waals surface area contributed by atoms with Crippen molar-refractivity contribution in [1.29, 1.82) is 0 Å². The smallest absolute Gasteiger partial charge is 0.290 e. The van der Waals surface area contributed by atoms with E-state index in [0.29, 0.717) is 48.5 Å². The molecule has 2 aliphatic heterocycles. The number of hydrogen-bond acceptors (Lipinski definition) is 7. The molecule has 8 nitrogen and oxygen atoms in total. The lowest BCUT2D eigenvalue weighted by molar-refractivity contribution is -0.129. The van der Waals surface area contributed by atoms with Crippen LogP contribution in [0.15, 0.2) is 64.3 Å². The summed E-state index contributed by atoms with van der Waals surface area (Å²) in [6, 6.07) is 11.6. The normalized spacial score (nSPS) is 18.9. The molecule has 1 amide bonds. The Morgan fingerprint density at radius 3 is 2.61 bits per heavy atom. The molecule has 1 N–H and O–H groups in total. The minimum absolute atomic E-state index is 0.0221. The second kappa shape index (κ2) is 10.1. The molecule has 0 spiro atoms. The minimum atomic E-state index is -0.870. The van der Waals surface area contributed by atoms with E-state index in [2.05, 4.69) is 4.90 Å². The zero-order valence-corrected chi connectivity index (χ0v) is 19.9. The van der Waals surface area contributed by atoms with E-state index in [-0.39, 0.29) is 11.3 Å². The van der Waals surface area contributed by atoms with Crippen molar-refractivity contribution in [3.05, 3.63) is 77.0 Å². The van der Waals surface area contributed by atoms with Crippen LogP contribution in [0.4, 0.5) is 4.39 Å². The molecule has 1 fully saturated rings. The number of carbonyl (C=O) groups excluding carboxylic acids is 2. The van der Waals surface area contributed by atoms with Gasteiger partial charge in [-0.1, -0.05) is 24.3 Å². The summed E-state index contributed by atoms with van der Waals surface area (Å²) in [6.07, 6.45) is 0.639. The van der Waals surface area contributed by atoms with Gasteiger partial charge in [-0.25, -0.2) is 4.39 Å². The van der Waals surface area contributed by atoms with Gasteiger partial charge in [-0.2, -0.15) is 0 Å². The van der Waals surface area contributed by atoms with Crippen molar-refractivity contribution in [3.63, 3.8) is 0 Å². The number of nitrogens with zero attached hydrogens (tertiary/aromatic N) is 2. The van der Waals surface area contributed by atoms with E-state index in [0.717, 1.165) is 19.6 Å². The number of morpholine rings is 1. The summed E-state index contributed by atoms with van der Waals surface area (Å²) in [5, 5.41) is 11.5. The van der Waals surface area contributed by atoms with Crippen LogP contribution in [-0.2, 0) is 9.53 Å². The van der Waals surface area contributed by atoms with Crippen molar-refractivity contribution in [3.8, 4) is 5.75 Å². The van der Waals surface area contributed by atoms with Gasteiger partial charge < -0.3 is 23.9 Å². The number of furan rings is 1. The Kier molecular flexibility index (Phi) is 6.75. The van der Waals surface area contributed by atoms with Gasteiger partial charge in [0.2, 0.25) is 5.78 Å². The van der Waals surface area contributed by atoms with Crippen molar-refractivity contribution in [2.24, 2.45) is 0 Å². The fourth-order valence-corrected chi connectivity index (χ4v) is 4.84. The molecule has 188 valence electrons. The van der Waals surface area contributed by atoms with Crippen molar-refractivity contribution >= 4 is 22.7 Å². The maximum atomic E-state index is 13.7. The first-order valence-corrected chi connectivity index (χ1v) is 11.9. The van der Waals surface area contributed by atoms with Gasteiger partial charge in [0.15, 0.2) is 22.9 Å². The number of Topliss-reactive ketones (excluding diaryl/α,β-unsaturated/α-hetero) is 1. The Bertz CT molecular complexity index is 1310. The highest BCUT2D eigenvalue weighted by molar-refractivity contribution is 6.16. The quantitative estimate of drug-likeness (QED) is 0.475. The maximum absolute atomic E-state index is 13.7. The molecule has 0 saturated carbocycles. The van der Waals surface area contributed by atoms with Gasteiger partial charge in [-0.3, -0.25) is 14.5 Å². The SMILES string of the molecule is COc1cccc2cc(C(=O)C3=C(O)C(=O)N(CCCN4CCOCC4)[C@@H]3c3ccc(F)cc3)oc12. The molecule has 9 heteroatoms. The third-order valence-corrected chi connectivity index (χ3v) is 6.66. The Hall–Kier alpha value is -3.69. The number of hydrogen-bond donors (Lipinski definition) is 1. The number of halogens is 1. The van der Waals surface area contributed by atoms with Crippen LogP contribution in [-0.4, -0.2) is 73.1 Å². The van der Waals surface area contributed by atoms with E-state index < -0.39 is 29.3 Å². The maximum Gasteiger partial charge on any atom is 0.290 e. The predicted molar refractivity (Wildman–Crippen MR) is 129 cm³/mol. The van der Waals surface area contributed by atoms with E-state index in [4.69, 9.17) is 13.9 Å². The molecule has 3 heterocycles. The molecule has 1 saturated heterocycles. The molecule has 36 heavy (non-hydrogen) atoms. The Labute approximate surface area is 207 Å². The number of ether oxygens (including phenoxy) is 2. The van der Waals surface area contributed by atoms with E-state index in [9.17, 15) is 19.1 Å². The molecule has 2 aliphatic rings. The van der Waals surface area contributed by atoms with Crippen molar-refractivity contribution in [2.75, 3.05) is 46.5 Å². The van der Waals surface area contributed by atoms with Gasteiger partial charge in [0.1, 0.15) is 5.82 Å². The van der Waals surface area contributed by atoms with Crippen LogP contribution in [0.1, 0.15) is 28.6 Å². The number of methoxy groups -OCH3 is 1. The van der Waals surface area contributed by atoms with E-state index in [1.165, 1.54) is 36.3 Å². The molecule has 5 rings (SSSR count). The van der Waals surface area contributed by atoms with E-state index in [1.54, 1.807) is 24.3 Å². The Balaban J connectivity index is 1.46. The van der Waals surface area contributed by atoms with Crippen molar-refractivity contribution < 1.29 is 33.0 Å². The lowest BCUT2D eigenvalue weighted by atomic mass is 9.95. The molecular weight excluding hydrogens is 467 g/mol. The average Bonchev–Trinajstić information content (AvgIpc) is 3.44. The van der Waals surface area contributed by atoms with Gasteiger partial charge >= 0.3 is 0 Å². The summed E-state index contributed by atoms with van der Waals surface area (Å²) in [6.45, 7) is 4.04. The van der Waals surface area contributed by atoms with Gasteiger partial charge in [0.25, 0.3) is 5.91 Å². The minimum Gasteiger partial charge on any atom is -0.503 e. The van der Waals surface area contributed by atoms with Crippen molar-refractivity contribution in [1.82, 2.24) is 9.80 Å². The van der Waals surface area contributed by atoms with Crippen LogP contribution in [0.5, 0.6) is 5.75 Å². The number of fused-ring (bicyclic) bond motifs is 1. The van der Waals surface area contributed by atoms with Crippen LogP contribution in [0, 0.1) is 5.82 Å². The van der Waals surface area contributed by atoms with Gasteiger partial charge in [0.05, 0.1) is 31.9 Å². The number of benzene rings is 2. The van der Waals surface area contributed by atoms with Gasteiger partial charge in [-0.15, -0.1) is 0 Å². The Morgan fingerprint density at radius 2 is 1.89 bits per heavy atom. The van der Waals surface area contributed by atoms with Crippen LogP contribution >= 0.6 is 0 Å². The molecule has 0 bridgehead atoms. The molecule has 2 aromatic carbocycles. The molecule has 3 aromatic rings. The molecule has 0 unspecified atom stereocenters. The molecule has 1 aromatic heterocycles. The fraction of sp³-hybridized carbons (Fsp3) is 0.333. The van der Waals surface area contributed by atoms with Gasteiger partial charge in [0, 0.05) is 31.6 Å². The summed E-state index contributed by atoms with van der Waals surface area (Å²) in [5.41, 5.74) is 0.835. The highest BCUT2D eigenvalue weighted by Gasteiger charge is 2.44. The number of carbonyl (C=O) groups is 2. The third-order valence-electron chi connectivity index (χ3n) is 6.66. The largest absolute Gasteiger partial charge is 0.503 e. The first kappa shape index (κ1) is 24.0. The summed E-state index contributed by atoms with van der Waals surface area (Å²) >= 11 is 0. The lowest BCUT2D eigenvalue weighted by Gasteiger charge is -2.30.